The van der Waals surface area contributed by atoms with E-state index in [9.17, 15) is 8.42 Å². The van der Waals surface area contributed by atoms with Gasteiger partial charge in [0.25, 0.3) is 0 Å². The second-order valence-electron chi connectivity index (χ2n) is 4.25. The van der Waals surface area contributed by atoms with E-state index in [1.165, 1.54) is 0 Å². The molecule has 0 saturated carbocycles. The van der Waals surface area contributed by atoms with Crippen molar-refractivity contribution in [1.82, 2.24) is 0 Å². The van der Waals surface area contributed by atoms with Crippen LogP contribution in [0.15, 0.2) is 0 Å². The van der Waals surface area contributed by atoms with Gasteiger partial charge < -0.3 is 15.2 Å². The Morgan fingerprint density at radius 1 is 1.56 bits per heavy atom. The van der Waals surface area contributed by atoms with Crippen molar-refractivity contribution in [3.8, 4) is 0 Å². The van der Waals surface area contributed by atoms with Gasteiger partial charge in [0.15, 0.2) is 9.84 Å². The Balaban J connectivity index is 2.33. The molecule has 0 aromatic heterocycles. The smallest absolute Gasteiger partial charge is 0.151 e. The SMILES string of the molecule is COCCCS(=O)(=O)CC(N)C1CCOC1. The van der Waals surface area contributed by atoms with Crippen LogP contribution in [0.5, 0.6) is 0 Å². The summed E-state index contributed by atoms with van der Waals surface area (Å²) in [6.07, 6.45) is 1.40. The highest BCUT2D eigenvalue weighted by molar-refractivity contribution is 7.91. The molecule has 1 saturated heterocycles. The van der Waals surface area contributed by atoms with Crippen LogP contribution in [0.1, 0.15) is 12.8 Å². The molecule has 2 N–H and O–H groups in total. The van der Waals surface area contributed by atoms with Gasteiger partial charge in [-0.15, -0.1) is 0 Å². The third kappa shape index (κ3) is 4.78. The van der Waals surface area contributed by atoms with Gasteiger partial charge >= 0.3 is 0 Å². The molecule has 96 valence electrons. The summed E-state index contributed by atoms with van der Waals surface area (Å²) in [6.45, 7) is 1.76. The first-order chi connectivity index (χ1) is 7.55. The number of ether oxygens (including phenoxy) is 2. The van der Waals surface area contributed by atoms with Crippen LogP contribution in [0.4, 0.5) is 0 Å². The molecule has 0 bridgehead atoms. The average molecular weight is 251 g/mol. The summed E-state index contributed by atoms with van der Waals surface area (Å²) in [4.78, 5) is 0. The third-order valence-electron chi connectivity index (χ3n) is 2.82. The first-order valence-corrected chi connectivity index (χ1v) is 7.40. The fraction of sp³-hybridized carbons (Fsp3) is 1.00. The van der Waals surface area contributed by atoms with Crippen LogP contribution in [0.25, 0.3) is 0 Å². The Kier molecular flexibility index (Phi) is 5.68. The topological polar surface area (TPSA) is 78.6 Å². The molecule has 0 aliphatic carbocycles. The number of sulfone groups is 1. The molecule has 2 unspecified atom stereocenters. The van der Waals surface area contributed by atoms with E-state index >= 15 is 0 Å². The van der Waals surface area contributed by atoms with Crippen molar-refractivity contribution in [3.05, 3.63) is 0 Å². The van der Waals surface area contributed by atoms with Crippen molar-refractivity contribution >= 4 is 9.84 Å². The fourth-order valence-electron chi connectivity index (χ4n) is 1.83. The highest BCUT2D eigenvalue weighted by Crippen LogP contribution is 2.16. The monoisotopic (exact) mass is 251 g/mol. The van der Waals surface area contributed by atoms with Crippen LogP contribution in [-0.4, -0.2) is 52.9 Å². The van der Waals surface area contributed by atoms with Crippen molar-refractivity contribution in [2.24, 2.45) is 11.7 Å². The maximum Gasteiger partial charge on any atom is 0.151 e. The van der Waals surface area contributed by atoms with E-state index in [4.69, 9.17) is 15.2 Å². The molecule has 1 rings (SSSR count). The Morgan fingerprint density at radius 3 is 2.88 bits per heavy atom. The maximum absolute atomic E-state index is 11.7. The quantitative estimate of drug-likeness (QED) is 0.634. The van der Waals surface area contributed by atoms with Crippen LogP contribution in [-0.2, 0) is 19.3 Å². The zero-order chi connectivity index (χ0) is 12.0. The van der Waals surface area contributed by atoms with Gasteiger partial charge in [0.2, 0.25) is 0 Å². The van der Waals surface area contributed by atoms with Crippen LogP contribution in [0.3, 0.4) is 0 Å². The first kappa shape index (κ1) is 13.9. The second kappa shape index (κ2) is 6.54. The molecular formula is C10H21NO4S. The molecule has 1 fully saturated rings. The summed E-state index contributed by atoms with van der Waals surface area (Å²) in [7, 11) is -1.49. The van der Waals surface area contributed by atoms with E-state index in [1.807, 2.05) is 0 Å². The second-order valence-corrected chi connectivity index (χ2v) is 6.48. The first-order valence-electron chi connectivity index (χ1n) is 5.58. The molecule has 6 heteroatoms. The molecule has 2 atom stereocenters. The standard InChI is InChI=1S/C10H21NO4S/c1-14-4-2-6-16(12,13)8-10(11)9-3-5-15-7-9/h9-10H,2-8,11H2,1H3. The Hall–Kier alpha value is -0.170. The number of hydrogen-bond donors (Lipinski definition) is 1. The zero-order valence-electron chi connectivity index (χ0n) is 9.72. The van der Waals surface area contributed by atoms with Crippen LogP contribution in [0.2, 0.25) is 0 Å². The summed E-state index contributed by atoms with van der Waals surface area (Å²) in [6, 6.07) is -0.296. The Labute approximate surface area is 97.2 Å². The molecule has 0 aromatic rings. The van der Waals surface area contributed by atoms with Gasteiger partial charge in [-0.05, 0) is 12.8 Å². The van der Waals surface area contributed by atoms with E-state index < -0.39 is 9.84 Å². The number of methoxy groups -OCH3 is 1. The van der Waals surface area contributed by atoms with Crippen molar-refractivity contribution in [2.75, 3.05) is 38.4 Å². The molecule has 0 spiro atoms. The van der Waals surface area contributed by atoms with E-state index in [1.54, 1.807) is 7.11 Å². The van der Waals surface area contributed by atoms with Crippen molar-refractivity contribution < 1.29 is 17.9 Å². The maximum atomic E-state index is 11.7. The van der Waals surface area contributed by atoms with Gasteiger partial charge in [-0.3, -0.25) is 0 Å². The fourth-order valence-corrected chi connectivity index (χ4v) is 3.41. The summed E-state index contributed by atoms with van der Waals surface area (Å²) < 4.78 is 33.4. The molecule has 1 aliphatic heterocycles. The minimum absolute atomic E-state index is 0.0603. The van der Waals surface area contributed by atoms with Crippen LogP contribution >= 0.6 is 0 Å². The number of rotatable bonds is 7. The summed E-state index contributed by atoms with van der Waals surface area (Å²) >= 11 is 0. The van der Waals surface area contributed by atoms with Gasteiger partial charge in [-0.25, -0.2) is 8.42 Å². The minimum Gasteiger partial charge on any atom is -0.385 e. The molecule has 1 heterocycles. The molecule has 1 aliphatic rings. The predicted molar refractivity (Wildman–Crippen MR) is 62.0 cm³/mol. The summed E-state index contributed by atoms with van der Waals surface area (Å²) in [5.41, 5.74) is 5.88. The molecule has 16 heavy (non-hydrogen) atoms. The van der Waals surface area contributed by atoms with Gasteiger partial charge in [-0.2, -0.15) is 0 Å². The van der Waals surface area contributed by atoms with E-state index in [2.05, 4.69) is 0 Å². The Morgan fingerprint density at radius 2 is 2.31 bits per heavy atom. The number of hydrogen-bond acceptors (Lipinski definition) is 5. The van der Waals surface area contributed by atoms with Gasteiger partial charge in [-0.1, -0.05) is 0 Å². The lowest BCUT2D eigenvalue weighted by Gasteiger charge is -2.17. The highest BCUT2D eigenvalue weighted by Gasteiger charge is 2.26. The van der Waals surface area contributed by atoms with Crippen LogP contribution < -0.4 is 5.73 Å². The lowest BCUT2D eigenvalue weighted by molar-refractivity contribution is 0.182. The minimum atomic E-state index is -3.05. The van der Waals surface area contributed by atoms with Crippen molar-refractivity contribution in [1.29, 1.82) is 0 Å². The Bertz CT molecular complexity index is 285. The molecule has 0 amide bonds. The largest absolute Gasteiger partial charge is 0.385 e. The average Bonchev–Trinajstić information content (AvgIpc) is 2.69. The van der Waals surface area contributed by atoms with Crippen molar-refractivity contribution in [3.63, 3.8) is 0 Å². The normalized spacial score (nSPS) is 23.5. The zero-order valence-corrected chi connectivity index (χ0v) is 10.5. The molecule has 5 nitrogen and oxygen atoms in total. The van der Waals surface area contributed by atoms with Crippen molar-refractivity contribution in [2.45, 2.75) is 18.9 Å². The van der Waals surface area contributed by atoms with Gasteiger partial charge in [0.05, 0.1) is 18.1 Å². The highest BCUT2D eigenvalue weighted by atomic mass is 32.2. The van der Waals surface area contributed by atoms with Crippen LogP contribution in [0, 0.1) is 5.92 Å². The lowest BCUT2D eigenvalue weighted by atomic mass is 10.0. The molecule has 0 aromatic carbocycles. The molecular weight excluding hydrogens is 230 g/mol. The number of nitrogens with two attached hydrogens (primary N) is 1. The summed E-state index contributed by atoms with van der Waals surface area (Å²) in [5, 5.41) is 0. The summed E-state index contributed by atoms with van der Waals surface area (Å²) in [5.74, 6) is 0.407. The van der Waals surface area contributed by atoms with E-state index in [-0.39, 0.29) is 23.5 Å². The van der Waals surface area contributed by atoms with E-state index in [0.717, 1.165) is 6.42 Å². The lowest BCUT2D eigenvalue weighted by Crippen LogP contribution is -2.38. The van der Waals surface area contributed by atoms with Gasteiger partial charge in [0, 0.05) is 32.3 Å². The van der Waals surface area contributed by atoms with E-state index in [0.29, 0.717) is 26.2 Å². The predicted octanol–water partition coefficient (Wildman–Crippen LogP) is -0.198. The van der Waals surface area contributed by atoms with Gasteiger partial charge in [0.1, 0.15) is 0 Å². The third-order valence-corrected chi connectivity index (χ3v) is 4.62. The molecule has 0 radical (unpaired) electrons.